The highest BCUT2D eigenvalue weighted by Gasteiger charge is 2.51. The van der Waals surface area contributed by atoms with Crippen LogP contribution in [0.5, 0.6) is 0 Å². The van der Waals surface area contributed by atoms with Gasteiger partial charge in [0.15, 0.2) is 12.6 Å². The summed E-state index contributed by atoms with van der Waals surface area (Å²) in [6.07, 6.45) is 66.3. The molecule has 0 aromatic carbocycles. The van der Waals surface area contributed by atoms with E-state index in [-0.39, 0.29) is 18.9 Å². The zero-order valence-corrected chi connectivity index (χ0v) is 52.7. The van der Waals surface area contributed by atoms with Crippen molar-refractivity contribution >= 4 is 5.91 Å². The van der Waals surface area contributed by atoms with Crippen molar-refractivity contribution in [2.45, 2.75) is 280 Å². The molecule has 0 aliphatic carbocycles. The van der Waals surface area contributed by atoms with Gasteiger partial charge in [-0.05, 0) is 109 Å². The summed E-state index contributed by atoms with van der Waals surface area (Å²) in [4.78, 5) is 13.2. The Morgan fingerprint density at radius 1 is 0.430 bits per heavy atom. The average molecular weight is 1200 g/mol. The number of aliphatic hydroxyl groups is 8. The predicted molar refractivity (Wildman–Crippen MR) is 350 cm³/mol. The maximum atomic E-state index is 13.2. The molecule has 2 saturated heterocycles. The predicted octanol–water partition coefficient (Wildman–Crippen LogP) is 12.9. The number of hydrogen-bond donors (Lipinski definition) is 9. The molecule has 0 aromatic heterocycles. The van der Waals surface area contributed by atoms with Crippen molar-refractivity contribution in [3.63, 3.8) is 0 Å². The first-order chi connectivity index (χ1) is 42.1. The first kappa shape index (κ1) is 78.0. The number of hydrogen-bond acceptors (Lipinski definition) is 13. The lowest BCUT2D eigenvalue weighted by Gasteiger charge is -2.46. The number of carbonyl (C=O) groups excluding carboxylic acids is 1. The van der Waals surface area contributed by atoms with E-state index in [0.29, 0.717) is 12.8 Å². The van der Waals surface area contributed by atoms with Gasteiger partial charge in [-0.2, -0.15) is 0 Å². The van der Waals surface area contributed by atoms with Gasteiger partial charge < -0.3 is 65.1 Å². The zero-order chi connectivity index (χ0) is 62.3. The van der Waals surface area contributed by atoms with Crippen molar-refractivity contribution in [3.05, 3.63) is 146 Å². The van der Waals surface area contributed by atoms with E-state index in [2.05, 4.69) is 153 Å². The Bertz CT molecular complexity index is 2000. The number of amides is 1. The Morgan fingerprint density at radius 2 is 0.814 bits per heavy atom. The molecule has 12 unspecified atom stereocenters. The summed E-state index contributed by atoms with van der Waals surface area (Å²) >= 11 is 0. The molecular formula is C72H117NO13. The molecule has 2 rings (SSSR count). The SMILES string of the molecule is CC/C=C\C/C=C\C/C=C\C/C=C\C/C=C\C/C=C\C/C=C\C/C=C\C/C=C\C/C=C\CCCCCCCCCCCCC(=O)NC(COC1OC(CO)C(OC2OC(CO)C(O)C(O)C2O)C(O)C1O)C(O)/C=C/CC/C=C/CCCCCCC. The van der Waals surface area contributed by atoms with Crippen LogP contribution in [0.25, 0.3) is 0 Å². The van der Waals surface area contributed by atoms with Crippen molar-refractivity contribution < 1.29 is 64.6 Å². The highest BCUT2D eigenvalue weighted by Crippen LogP contribution is 2.30. The highest BCUT2D eigenvalue weighted by molar-refractivity contribution is 5.76. The molecule has 488 valence electrons. The van der Waals surface area contributed by atoms with Gasteiger partial charge in [-0.1, -0.05) is 237 Å². The van der Waals surface area contributed by atoms with Gasteiger partial charge in [-0.3, -0.25) is 4.79 Å². The van der Waals surface area contributed by atoms with Gasteiger partial charge in [-0.15, -0.1) is 0 Å². The summed E-state index contributed by atoms with van der Waals surface area (Å²) < 4.78 is 22.7. The third-order valence-electron chi connectivity index (χ3n) is 15.0. The van der Waals surface area contributed by atoms with Crippen LogP contribution in [0.2, 0.25) is 0 Å². The van der Waals surface area contributed by atoms with Crippen LogP contribution in [0.3, 0.4) is 0 Å². The molecule has 2 fully saturated rings. The van der Waals surface area contributed by atoms with Gasteiger partial charge in [-0.25, -0.2) is 0 Å². The molecule has 0 saturated carbocycles. The van der Waals surface area contributed by atoms with E-state index in [1.165, 1.54) is 70.6 Å². The molecule has 14 heteroatoms. The zero-order valence-electron chi connectivity index (χ0n) is 52.7. The number of unbranched alkanes of at least 4 members (excludes halogenated alkanes) is 16. The summed E-state index contributed by atoms with van der Waals surface area (Å²) in [6, 6.07) is -0.942. The maximum Gasteiger partial charge on any atom is 0.220 e. The fourth-order valence-electron chi connectivity index (χ4n) is 9.75. The van der Waals surface area contributed by atoms with Gasteiger partial charge in [0.25, 0.3) is 0 Å². The number of ether oxygens (including phenoxy) is 4. The first-order valence-corrected chi connectivity index (χ1v) is 33.1. The van der Waals surface area contributed by atoms with Crippen molar-refractivity contribution in [3.8, 4) is 0 Å². The van der Waals surface area contributed by atoms with Gasteiger partial charge in [0.2, 0.25) is 5.91 Å². The molecule has 0 bridgehead atoms. The second kappa shape index (κ2) is 55.0. The van der Waals surface area contributed by atoms with E-state index in [1.54, 1.807) is 6.08 Å². The minimum absolute atomic E-state index is 0.259. The summed E-state index contributed by atoms with van der Waals surface area (Å²) in [5, 5.41) is 87.0. The van der Waals surface area contributed by atoms with Crippen LogP contribution in [0.4, 0.5) is 0 Å². The van der Waals surface area contributed by atoms with Gasteiger partial charge in [0.1, 0.15) is 48.8 Å². The smallest absolute Gasteiger partial charge is 0.220 e. The lowest BCUT2D eigenvalue weighted by Crippen LogP contribution is -2.65. The molecule has 0 spiro atoms. The van der Waals surface area contributed by atoms with Crippen LogP contribution in [0.15, 0.2) is 146 Å². The molecule has 2 heterocycles. The van der Waals surface area contributed by atoms with E-state index >= 15 is 0 Å². The van der Waals surface area contributed by atoms with E-state index in [1.807, 2.05) is 6.08 Å². The van der Waals surface area contributed by atoms with Crippen molar-refractivity contribution in [1.82, 2.24) is 5.32 Å². The number of carbonyl (C=O) groups is 1. The Labute approximate surface area is 519 Å². The van der Waals surface area contributed by atoms with Crippen LogP contribution in [0, 0.1) is 0 Å². The maximum absolute atomic E-state index is 13.2. The molecular weight excluding hydrogens is 1090 g/mol. The minimum Gasteiger partial charge on any atom is -0.394 e. The van der Waals surface area contributed by atoms with Gasteiger partial charge >= 0.3 is 0 Å². The molecule has 1 amide bonds. The lowest BCUT2D eigenvalue weighted by atomic mass is 9.97. The van der Waals surface area contributed by atoms with Gasteiger partial charge in [0, 0.05) is 6.42 Å². The largest absolute Gasteiger partial charge is 0.394 e. The van der Waals surface area contributed by atoms with Crippen LogP contribution >= 0.6 is 0 Å². The Kier molecular flexibility index (Phi) is 49.8. The molecule has 0 radical (unpaired) electrons. The normalized spacial score (nSPS) is 24.4. The number of aliphatic hydroxyl groups excluding tert-OH is 8. The number of allylic oxidation sites excluding steroid dienone is 23. The molecule has 2 aliphatic heterocycles. The Morgan fingerprint density at radius 3 is 1.28 bits per heavy atom. The molecule has 12 atom stereocenters. The van der Waals surface area contributed by atoms with E-state index < -0.39 is 86.8 Å². The fraction of sp³-hybridized carbons (Fsp3) is 0.653. The summed E-state index contributed by atoms with van der Waals surface area (Å²) in [7, 11) is 0. The molecule has 9 N–H and O–H groups in total. The standard InChI is InChI=1S/C72H117NO13/c1-3-5-7-9-11-13-15-16-17-18-19-20-21-22-23-24-25-26-27-28-29-30-31-32-33-34-35-36-37-38-39-40-41-42-43-44-46-48-50-52-54-56-64(77)73-60(61(76)55-53-51-49-47-45-14-12-10-8-6-4-2)59-83-71-69(82)67(80)70(63(58-75)85-71)86-72-68(81)66(79)65(78)62(57-74)84-72/h5,7,11,13,16-17,19-20,22-23,25-26,28-29,31-32,34-35,37-38,45,47,53,55,60-63,65-72,74-76,78-82H,3-4,6,8-10,12,14-15,18,21,24,27,30,33,36,39-44,46,48-52,54,56-59H2,1-2H3,(H,73,77)/b7-5-,13-11-,17-16-,20-19-,23-22-,26-25-,29-28-,32-31-,35-34-,38-37-,47-45+,55-53+. The minimum atomic E-state index is -1.80. The first-order valence-electron chi connectivity index (χ1n) is 33.1. The van der Waals surface area contributed by atoms with E-state index in [0.717, 1.165) is 103 Å². The van der Waals surface area contributed by atoms with Crippen LogP contribution in [-0.4, -0.2) is 140 Å². The molecule has 0 aromatic rings. The quantitative estimate of drug-likeness (QED) is 0.0204. The monoisotopic (exact) mass is 1200 g/mol. The van der Waals surface area contributed by atoms with Crippen molar-refractivity contribution in [2.24, 2.45) is 0 Å². The Hall–Kier alpha value is -4.13. The Balaban J connectivity index is 1.60. The second-order valence-corrected chi connectivity index (χ2v) is 22.5. The number of rotatable bonds is 51. The van der Waals surface area contributed by atoms with Crippen molar-refractivity contribution in [1.29, 1.82) is 0 Å². The summed E-state index contributed by atoms with van der Waals surface area (Å²) in [5.41, 5.74) is 0. The molecule has 14 nitrogen and oxygen atoms in total. The number of nitrogens with one attached hydrogen (secondary N) is 1. The third-order valence-corrected chi connectivity index (χ3v) is 15.0. The average Bonchev–Trinajstić information content (AvgIpc) is 1.60. The van der Waals surface area contributed by atoms with Crippen LogP contribution in [-0.2, 0) is 23.7 Å². The van der Waals surface area contributed by atoms with Crippen molar-refractivity contribution in [2.75, 3.05) is 19.8 Å². The molecule has 2 aliphatic rings. The summed E-state index contributed by atoms with van der Waals surface area (Å²) in [6.45, 7) is 2.61. The topological polar surface area (TPSA) is 228 Å². The highest BCUT2D eigenvalue weighted by atomic mass is 16.7. The molecule has 86 heavy (non-hydrogen) atoms. The second-order valence-electron chi connectivity index (χ2n) is 22.5. The van der Waals surface area contributed by atoms with Crippen LogP contribution in [0.1, 0.15) is 206 Å². The van der Waals surface area contributed by atoms with E-state index in [4.69, 9.17) is 18.9 Å². The third kappa shape index (κ3) is 39.0. The fourth-order valence-corrected chi connectivity index (χ4v) is 9.75. The van der Waals surface area contributed by atoms with Gasteiger partial charge in [0.05, 0.1) is 32.0 Å². The van der Waals surface area contributed by atoms with Crippen LogP contribution < -0.4 is 5.32 Å². The lowest BCUT2D eigenvalue weighted by molar-refractivity contribution is -0.359. The summed E-state index contributed by atoms with van der Waals surface area (Å²) in [5.74, 6) is -0.262. The van der Waals surface area contributed by atoms with E-state index in [9.17, 15) is 45.6 Å².